The van der Waals surface area contributed by atoms with Crippen LogP contribution in [-0.4, -0.2) is 30.1 Å². The van der Waals surface area contributed by atoms with E-state index in [1.54, 1.807) is 0 Å². The summed E-state index contributed by atoms with van der Waals surface area (Å²) < 4.78 is 59.8. The van der Waals surface area contributed by atoms with Crippen LogP contribution in [0.2, 0.25) is 0 Å². The minimum atomic E-state index is -10.7. The van der Waals surface area contributed by atoms with Crippen LogP contribution in [0.5, 0.6) is 0 Å². The summed E-state index contributed by atoms with van der Waals surface area (Å²) in [5.74, 6) is 0.285. The Hall–Kier alpha value is -0.560. The molecule has 0 rings (SSSR count). The number of nitrogens with two attached hydrogens (primary N) is 1. The number of hydrogen-bond acceptors (Lipinski definition) is 1. The molecule has 10 heteroatoms. The van der Waals surface area contributed by atoms with Crippen LogP contribution in [0.1, 0.15) is 20.8 Å². The molecule has 0 spiro atoms. The van der Waals surface area contributed by atoms with E-state index in [1.165, 1.54) is 0 Å². The van der Waals surface area contributed by atoms with Gasteiger partial charge in [-0.2, -0.15) is 0 Å². The monoisotopic (exact) mass is 289 g/mol. The molecular formula is C7H18F6N3P. The van der Waals surface area contributed by atoms with Gasteiger partial charge in [-0.15, -0.1) is 0 Å². The van der Waals surface area contributed by atoms with Crippen molar-refractivity contribution < 1.29 is 29.7 Å². The van der Waals surface area contributed by atoms with Gasteiger partial charge in [0.2, 0.25) is 0 Å². The molecular weight excluding hydrogens is 271 g/mol. The summed E-state index contributed by atoms with van der Waals surface area (Å²) in [5, 5.41) is 7.35. The zero-order valence-electron chi connectivity index (χ0n) is 9.86. The van der Waals surface area contributed by atoms with Crippen LogP contribution in [0, 0.1) is 5.41 Å². The maximum atomic E-state index is 9.87. The Morgan fingerprint density at radius 3 is 1.12 bits per heavy atom. The van der Waals surface area contributed by atoms with Crippen LogP contribution in [0.4, 0.5) is 25.2 Å². The maximum absolute atomic E-state index is 10.7. The van der Waals surface area contributed by atoms with E-state index >= 15 is 0 Å². The molecule has 0 saturated heterocycles. The van der Waals surface area contributed by atoms with Crippen molar-refractivity contribution >= 4 is 13.8 Å². The summed E-state index contributed by atoms with van der Waals surface area (Å²) in [5.41, 5.74) is 5.46. The number of hydrogen-bond donors (Lipinski definition) is 2. The molecule has 3 nitrogen and oxygen atoms in total. The fourth-order valence-corrected chi connectivity index (χ4v) is 1.18. The molecule has 0 fully saturated rings. The van der Waals surface area contributed by atoms with Gasteiger partial charge in [0.15, 0.2) is 0 Å². The SMILES string of the molecule is CC[N+](CC)(CC)C(=N)N.F[P-](F)(F)(F)(F)F. The molecule has 0 amide bonds. The summed E-state index contributed by atoms with van der Waals surface area (Å²) >= 11 is 0. The van der Waals surface area contributed by atoms with E-state index < -0.39 is 7.81 Å². The molecule has 3 N–H and O–H groups in total. The first-order valence-corrected chi connectivity index (χ1v) is 6.87. The first-order valence-electron chi connectivity index (χ1n) is 4.85. The van der Waals surface area contributed by atoms with Gasteiger partial charge in [-0.1, -0.05) is 0 Å². The van der Waals surface area contributed by atoms with Crippen molar-refractivity contribution in [3.63, 3.8) is 0 Å². The van der Waals surface area contributed by atoms with Gasteiger partial charge in [0, 0.05) is 0 Å². The molecule has 0 saturated carbocycles. The molecule has 0 bridgehead atoms. The second-order valence-electron chi connectivity index (χ2n) is 3.44. The van der Waals surface area contributed by atoms with Crippen LogP contribution in [-0.2, 0) is 0 Å². The van der Waals surface area contributed by atoms with Gasteiger partial charge in [-0.05, 0) is 20.8 Å². The molecule has 0 aromatic rings. The van der Waals surface area contributed by atoms with Crippen LogP contribution in [0.25, 0.3) is 0 Å². The number of nitrogens with one attached hydrogen (secondary N) is 1. The Kier molecular flexibility index (Phi) is 5.09. The Morgan fingerprint density at radius 2 is 1.12 bits per heavy atom. The molecule has 0 aromatic carbocycles. The molecule has 0 aromatic heterocycles. The zero-order chi connectivity index (χ0) is 14.6. The Bertz CT molecular complexity index is 247. The number of halogens is 6. The number of guanidine groups is 1. The van der Waals surface area contributed by atoms with Gasteiger partial charge in [0.05, 0.1) is 19.6 Å². The second-order valence-corrected chi connectivity index (χ2v) is 5.35. The van der Waals surface area contributed by atoms with Crippen molar-refractivity contribution in [1.29, 1.82) is 5.41 Å². The van der Waals surface area contributed by atoms with Crippen molar-refractivity contribution in [2.75, 3.05) is 19.6 Å². The fourth-order valence-electron chi connectivity index (χ4n) is 1.18. The molecule has 0 radical (unpaired) electrons. The molecule has 0 aliphatic carbocycles. The van der Waals surface area contributed by atoms with Gasteiger partial charge < -0.3 is 5.73 Å². The van der Waals surface area contributed by atoms with Crippen LogP contribution < -0.4 is 5.73 Å². The Balaban J connectivity index is 0. The van der Waals surface area contributed by atoms with Gasteiger partial charge >= 0.3 is 33.0 Å². The first kappa shape index (κ1) is 18.8. The van der Waals surface area contributed by atoms with E-state index in [4.69, 9.17) is 11.1 Å². The molecule has 0 atom stereocenters. The van der Waals surface area contributed by atoms with Crippen molar-refractivity contribution in [3.8, 4) is 0 Å². The molecule has 0 unspecified atom stereocenters. The summed E-state index contributed by atoms with van der Waals surface area (Å²) in [4.78, 5) is 0. The number of nitrogens with zero attached hydrogens (tertiary/aromatic N) is 1. The second kappa shape index (κ2) is 4.61. The van der Waals surface area contributed by atoms with E-state index in [0.29, 0.717) is 4.48 Å². The predicted molar refractivity (Wildman–Crippen MR) is 57.4 cm³/mol. The average Bonchev–Trinajstić information content (AvgIpc) is 2.02. The van der Waals surface area contributed by atoms with Crippen LogP contribution >= 0.6 is 7.81 Å². The van der Waals surface area contributed by atoms with Crippen LogP contribution in [0.3, 0.4) is 0 Å². The topological polar surface area (TPSA) is 49.9 Å². The van der Waals surface area contributed by atoms with Crippen molar-refractivity contribution in [2.45, 2.75) is 20.8 Å². The fraction of sp³-hybridized carbons (Fsp3) is 0.857. The molecule has 17 heavy (non-hydrogen) atoms. The third kappa shape index (κ3) is 13.4. The minimum absolute atomic E-state index is 0.285. The van der Waals surface area contributed by atoms with E-state index in [0.717, 1.165) is 19.6 Å². The first-order chi connectivity index (χ1) is 7.07. The van der Waals surface area contributed by atoms with Crippen LogP contribution in [0.15, 0.2) is 0 Å². The summed E-state index contributed by atoms with van der Waals surface area (Å²) in [6, 6.07) is 0. The van der Waals surface area contributed by atoms with Crippen molar-refractivity contribution in [3.05, 3.63) is 0 Å². The predicted octanol–water partition coefficient (Wildman–Crippen LogP) is 4.14. The third-order valence-electron chi connectivity index (χ3n) is 2.33. The summed E-state index contributed by atoms with van der Waals surface area (Å²) in [6.07, 6.45) is 0. The van der Waals surface area contributed by atoms with E-state index in [9.17, 15) is 25.2 Å². The van der Waals surface area contributed by atoms with E-state index in [-0.39, 0.29) is 5.96 Å². The standard InChI is InChI=1S/C7H18N3.F6P/c1-4-10(5-2,6-3)7(8)9;1-7(2,3,4,5)6/h4-6H2,1-3H3,(H3,8,9);/q+1;-1. The van der Waals surface area contributed by atoms with Gasteiger partial charge in [-0.3, -0.25) is 4.48 Å². The molecule has 0 aliphatic rings. The number of quaternary nitrogens is 1. The van der Waals surface area contributed by atoms with E-state index in [1.807, 2.05) is 0 Å². The van der Waals surface area contributed by atoms with Gasteiger partial charge in [0.1, 0.15) is 0 Å². The van der Waals surface area contributed by atoms with Crippen molar-refractivity contribution in [2.24, 2.45) is 5.73 Å². The van der Waals surface area contributed by atoms with Gasteiger partial charge in [-0.25, -0.2) is 5.41 Å². The van der Waals surface area contributed by atoms with Crippen molar-refractivity contribution in [1.82, 2.24) is 0 Å². The number of rotatable bonds is 3. The quantitative estimate of drug-likeness (QED) is 0.265. The molecule has 108 valence electrons. The molecule has 0 aliphatic heterocycles. The Labute approximate surface area is 95.9 Å². The normalized spacial score (nSPS) is 16.3. The Morgan fingerprint density at radius 1 is 0.941 bits per heavy atom. The average molecular weight is 289 g/mol. The third-order valence-corrected chi connectivity index (χ3v) is 2.33. The van der Waals surface area contributed by atoms with E-state index in [2.05, 4.69) is 20.8 Å². The summed E-state index contributed by atoms with van der Waals surface area (Å²) in [7, 11) is -10.7. The summed E-state index contributed by atoms with van der Waals surface area (Å²) in [6.45, 7) is 8.95. The molecule has 0 heterocycles. The van der Waals surface area contributed by atoms with Gasteiger partial charge in [0.25, 0.3) is 5.96 Å². The zero-order valence-corrected chi connectivity index (χ0v) is 10.8.